The molecule has 0 unspecified atom stereocenters. The average Bonchev–Trinajstić information content (AvgIpc) is 3.49. The van der Waals surface area contributed by atoms with Crippen molar-refractivity contribution >= 4 is 23.7 Å². The molecule has 178 valence electrons. The number of aliphatic carboxylic acids is 1. The number of carbonyl (C=O) groups excluding carboxylic acids is 2. The molecule has 8 heteroatoms. The second-order valence-corrected chi connectivity index (χ2v) is 8.95. The summed E-state index contributed by atoms with van der Waals surface area (Å²) >= 11 is 0. The monoisotopic (exact) mass is 474 g/mol. The first-order valence-corrected chi connectivity index (χ1v) is 11.3. The van der Waals surface area contributed by atoms with Crippen molar-refractivity contribution < 1.29 is 28.6 Å². The quantitative estimate of drug-likeness (QED) is 0.451. The number of hydrogen-bond donors (Lipinski definition) is 3. The number of hydrogen-bond acceptors (Lipinski definition) is 4. The van der Waals surface area contributed by atoms with Gasteiger partial charge in [0, 0.05) is 11.6 Å². The van der Waals surface area contributed by atoms with Crippen molar-refractivity contribution in [3.8, 4) is 11.1 Å². The summed E-state index contributed by atoms with van der Waals surface area (Å²) in [5.74, 6) is -2.64. The minimum Gasteiger partial charge on any atom is -0.481 e. The predicted molar refractivity (Wildman–Crippen MR) is 127 cm³/mol. The van der Waals surface area contributed by atoms with Gasteiger partial charge in [0.2, 0.25) is 0 Å². The molecular weight excluding hydrogens is 451 g/mol. The van der Waals surface area contributed by atoms with Crippen molar-refractivity contribution in [3.05, 3.63) is 89.2 Å². The number of benzene rings is 3. The molecule has 2 amide bonds. The van der Waals surface area contributed by atoms with Gasteiger partial charge in [-0.3, -0.25) is 14.9 Å². The van der Waals surface area contributed by atoms with Gasteiger partial charge in [-0.2, -0.15) is 0 Å². The molecule has 35 heavy (non-hydrogen) atoms. The number of anilines is 1. The third-order valence-corrected chi connectivity index (χ3v) is 6.53. The summed E-state index contributed by atoms with van der Waals surface area (Å²) in [6, 6.07) is 19.6. The van der Waals surface area contributed by atoms with Crippen LogP contribution in [-0.2, 0) is 9.53 Å². The fourth-order valence-electron chi connectivity index (χ4n) is 4.62. The first-order valence-electron chi connectivity index (χ1n) is 11.3. The SMILES string of the molecule is O=C(O)CC1(NC(=O)c2ccc(NC(=O)OCC3c4ccccc4-c4ccccc43)cc2F)CC1. The first kappa shape index (κ1) is 22.6. The Morgan fingerprint density at radius 2 is 1.60 bits per heavy atom. The van der Waals surface area contributed by atoms with Crippen LogP contribution in [-0.4, -0.2) is 35.2 Å². The van der Waals surface area contributed by atoms with Gasteiger partial charge in [-0.25, -0.2) is 9.18 Å². The molecule has 7 nitrogen and oxygen atoms in total. The zero-order valence-corrected chi connectivity index (χ0v) is 18.7. The van der Waals surface area contributed by atoms with Gasteiger partial charge in [0.15, 0.2) is 0 Å². The van der Waals surface area contributed by atoms with Gasteiger partial charge in [0.25, 0.3) is 5.91 Å². The van der Waals surface area contributed by atoms with Crippen molar-refractivity contribution in [2.45, 2.75) is 30.7 Å². The van der Waals surface area contributed by atoms with Crippen molar-refractivity contribution in [1.29, 1.82) is 0 Å². The number of carboxylic acids is 1. The highest BCUT2D eigenvalue weighted by Crippen LogP contribution is 2.44. The molecule has 0 atom stereocenters. The number of carbonyl (C=O) groups is 3. The van der Waals surface area contributed by atoms with Gasteiger partial charge in [0.05, 0.1) is 17.5 Å². The van der Waals surface area contributed by atoms with E-state index in [4.69, 9.17) is 9.84 Å². The summed E-state index contributed by atoms with van der Waals surface area (Å²) in [5, 5.41) is 14.1. The van der Waals surface area contributed by atoms with Gasteiger partial charge in [-0.1, -0.05) is 48.5 Å². The number of halogens is 1. The molecule has 1 saturated carbocycles. The van der Waals surface area contributed by atoms with Gasteiger partial charge in [-0.15, -0.1) is 0 Å². The molecule has 3 aromatic rings. The number of amides is 2. The Balaban J connectivity index is 1.21. The number of ether oxygens (including phenoxy) is 1. The molecular formula is C27H23FN2O5. The van der Waals surface area contributed by atoms with Crippen LogP contribution >= 0.6 is 0 Å². The van der Waals surface area contributed by atoms with E-state index in [9.17, 15) is 18.8 Å². The van der Waals surface area contributed by atoms with Crippen LogP contribution in [0.3, 0.4) is 0 Å². The van der Waals surface area contributed by atoms with E-state index in [1.807, 2.05) is 48.5 Å². The van der Waals surface area contributed by atoms with E-state index in [-0.39, 0.29) is 30.2 Å². The highest BCUT2D eigenvalue weighted by atomic mass is 19.1. The van der Waals surface area contributed by atoms with Crippen molar-refractivity contribution in [2.24, 2.45) is 0 Å². The fraction of sp³-hybridized carbons (Fsp3) is 0.222. The largest absolute Gasteiger partial charge is 0.481 e. The molecule has 1 fully saturated rings. The molecule has 0 saturated heterocycles. The molecule has 3 N–H and O–H groups in total. The number of fused-ring (bicyclic) bond motifs is 3. The van der Waals surface area contributed by atoms with Gasteiger partial charge >= 0.3 is 12.1 Å². The third-order valence-electron chi connectivity index (χ3n) is 6.53. The molecule has 0 radical (unpaired) electrons. The molecule has 0 aromatic heterocycles. The van der Waals surface area contributed by atoms with E-state index >= 15 is 0 Å². The van der Waals surface area contributed by atoms with Gasteiger partial charge in [0.1, 0.15) is 12.4 Å². The van der Waals surface area contributed by atoms with Gasteiger partial charge in [-0.05, 0) is 53.3 Å². The van der Waals surface area contributed by atoms with Crippen LogP contribution in [0.1, 0.15) is 46.7 Å². The molecule has 0 aliphatic heterocycles. The maximum atomic E-state index is 14.6. The lowest BCUT2D eigenvalue weighted by atomic mass is 9.98. The standard InChI is InChI=1S/C27H23FN2O5/c28-23-13-16(9-10-21(23)25(33)30-27(11-12-27)14-24(31)32)29-26(34)35-15-22-19-7-3-1-5-17(19)18-6-2-4-8-20(18)22/h1-10,13,22H,11-12,14-15H2,(H,29,34)(H,30,33)(H,31,32). The maximum absolute atomic E-state index is 14.6. The van der Waals surface area contributed by atoms with E-state index in [2.05, 4.69) is 10.6 Å². The summed E-state index contributed by atoms with van der Waals surface area (Å²) in [5.41, 5.74) is 3.50. The summed E-state index contributed by atoms with van der Waals surface area (Å²) < 4.78 is 20.1. The van der Waals surface area contributed by atoms with Crippen LogP contribution in [0.5, 0.6) is 0 Å². The topological polar surface area (TPSA) is 105 Å². The summed E-state index contributed by atoms with van der Waals surface area (Å²) in [6.07, 6.45) is 0.131. The normalized spacial score (nSPS) is 15.0. The fourth-order valence-corrected chi connectivity index (χ4v) is 4.62. The number of carboxylic acid groups (broad SMARTS) is 1. The van der Waals surface area contributed by atoms with E-state index < -0.39 is 29.3 Å². The Morgan fingerprint density at radius 1 is 0.971 bits per heavy atom. The van der Waals surface area contributed by atoms with E-state index in [0.29, 0.717) is 12.8 Å². The second kappa shape index (κ2) is 8.87. The number of rotatable bonds is 7. The minimum atomic E-state index is -1.02. The Hall–Kier alpha value is -4.20. The minimum absolute atomic E-state index is 0.100. The lowest BCUT2D eigenvalue weighted by Gasteiger charge is -2.16. The Kier molecular flexibility index (Phi) is 5.72. The molecule has 5 rings (SSSR count). The zero-order chi connectivity index (χ0) is 24.6. The molecule has 3 aromatic carbocycles. The lowest BCUT2D eigenvalue weighted by molar-refractivity contribution is -0.137. The van der Waals surface area contributed by atoms with Crippen molar-refractivity contribution in [1.82, 2.24) is 5.32 Å². The van der Waals surface area contributed by atoms with Crippen LogP contribution in [0.15, 0.2) is 66.7 Å². The number of nitrogens with one attached hydrogen (secondary N) is 2. The van der Waals surface area contributed by atoms with Crippen LogP contribution in [0.25, 0.3) is 11.1 Å². The van der Waals surface area contributed by atoms with E-state index in [0.717, 1.165) is 28.3 Å². The molecule has 2 aliphatic rings. The van der Waals surface area contributed by atoms with Crippen molar-refractivity contribution in [3.63, 3.8) is 0 Å². The van der Waals surface area contributed by atoms with Crippen LogP contribution < -0.4 is 10.6 Å². The maximum Gasteiger partial charge on any atom is 0.411 e. The summed E-state index contributed by atoms with van der Waals surface area (Å²) in [7, 11) is 0. The van der Waals surface area contributed by atoms with Gasteiger partial charge < -0.3 is 15.2 Å². The second-order valence-electron chi connectivity index (χ2n) is 8.95. The third kappa shape index (κ3) is 4.59. The Bertz CT molecular complexity index is 1290. The van der Waals surface area contributed by atoms with E-state index in [1.54, 1.807) is 0 Å². The van der Waals surface area contributed by atoms with Crippen LogP contribution in [0.4, 0.5) is 14.9 Å². The average molecular weight is 474 g/mol. The lowest BCUT2D eigenvalue weighted by Crippen LogP contribution is -2.38. The Labute approximate surface area is 200 Å². The summed E-state index contributed by atoms with van der Waals surface area (Å²) in [4.78, 5) is 35.8. The highest BCUT2D eigenvalue weighted by molar-refractivity contribution is 5.96. The molecule has 2 aliphatic carbocycles. The molecule has 0 spiro atoms. The van der Waals surface area contributed by atoms with Crippen molar-refractivity contribution in [2.75, 3.05) is 11.9 Å². The highest BCUT2D eigenvalue weighted by Gasteiger charge is 2.46. The van der Waals surface area contributed by atoms with Crippen LogP contribution in [0, 0.1) is 5.82 Å². The van der Waals surface area contributed by atoms with Crippen LogP contribution in [0.2, 0.25) is 0 Å². The first-order chi connectivity index (χ1) is 16.8. The Morgan fingerprint density at radius 3 is 2.17 bits per heavy atom. The predicted octanol–water partition coefficient (Wildman–Crippen LogP) is 4.92. The summed E-state index contributed by atoms with van der Waals surface area (Å²) in [6.45, 7) is 0.120. The smallest absolute Gasteiger partial charge is 0.411 e. The molecule has 0 heterocycles. The zero-order valence-electron chi connectivity index (χ0n) is 18.7. The van der Waals surface area contributed by atoms with E-state index in [1.165, 1.54) is 12.1 Å². The molecule has 0 bridgehead atoms.